The largest absolute Gasteiger partial charge is 0.528 e. The maximum atomic E-state index is 12.5. The van der Waals surface area contributed by atoms with E-state index in [1.54, 1.807) is 32.9 Å². The van der Waals surface area contributed by atoms with Crippen LogP contribution in [0.5, 0.6) is 17.2 Å². The molecule has 1 saturated heterocycles. The fourth-order valence-corrected chi connectivity index (χ4v) is 5.59. The zero-order valence-corrected chi connectivity index (χ0v) is 26.9. The van der Waals surface area contributed by atoms with Gasteiger partial charge in [-0.15, -0.1) is 5.06 Å². The van der Waals surface area contributed by atoms with E-state index in [1.165, 1.54) is 0 Å². The molecule has 0 aliphatic carbocycles. The normalized spacial score (nSPS) is 17.0. The van der Waals surface area contributed by atoms with Crippen molar-refractivity contribution in [2.24, 2.45) is 0 Å². The van der Waals surface area contributed by atoms with Crippen molar-refractivity contribution in [3.05, 3.63) is 102 Å². The van der Waals surface area contributed by atoms with E-state index in [2.05, 4.69) is 18.2 Å². The molecular weight excluding hydrogens is 586 g/mol. The number of hydroxylamine groups is 2. The molecular formula is C37H43NO8. The molecule has 0 radical (unpaired) electrons. The highest BCUT2D eigenvalue weighted by Crippen LogP contribution is 2.34. The Kier molecular flexibility index (Phi) is 11.0. The molecule has 244 valence electrons. The summed E-state index contributed by atoms with van der Waals surface area (Å²) in [5, 5.41) is 12.8. The number of rotatable bonds is 12. The lowest BCUT2D eigenvalue weighted by atomic mass is 9.87. The summed E-state index contributed by atoms with van der Waals surface area (Å²) in [6, 6.07) is 27.9. The standard InChI is InChI=1S/C37H43NO8/c1-37(2,3)45-36(40)46-38-18-17-32(27-13-15-30(16-14-27)42-20-19-39)35(23-38)43-24-26-21-28-9-5-7-11-31(28)34(22-26)44-25-29-10-6-8-12-33(29)41-4/h5-16,21-22,32,35,39H,17-20,23-25H2,1-4H3. The van der Waals surface area contributed by atoms with E-state index in [9.17, 15) is 4.79 Å². The number of carbonyl (C=O) groups is 1. The van der Waals surface area contributed by atoms with Crippen LogP contribution in [0.15, 0.2) is 84.9 Å². The maximum absolute atomic E-state index is 12.5. The zero-order valence-electron chi connectivity index (χ0n) is 26.9. The molecule has 0 spiro atoms. The topological polar surface area (TPSA) is 95.9 Å². The van der Waals surface area contributed by atoms with Gasteiger partial charge in [0, 0.05) is 23.4 Å². The van der Waals surface area contributed by atoms with Crippen LogP contribution in [0.2, 0.25) is 0 Å². The number of para-hydroxylation sites is 1. The number of ether oxygens (including phenoxy) is 5. The third-order valence-electron chi connectivity index (χ3n) is 7.71. The molecule has 46 heavy (non-hydrogen) atoms. The lowest BCUT2D eigenvalue weighted by Gasteiger charge is -2.37. The van der Waals surface area contributed by atoms with E-state index in [1.807, 2.05) is 66.7 Å². The van der Waals surface area contributed by atoms with Gasteiger partial charge < -0.3 is 33.6 Å². The SMILES string of the molecule is COc1ccccc1COc1cc(COC2CN(OC(=O)OC(C)(C)C)CCC2c2ccc(OCCO)cc2)cc2ccccc12. The predicted octanol–water partition coefficient (Wildman–Crippen LogP) is 7.04. The molecule has 0 bridgehead atoms. The van der Waals surface area contributed by atoms with Crippen LogP contribution < -0.4 is 14.2 Å². The Morgan fingerprint density at radius 3 is 2.43 bits per heavy atom. The van der Waals surface area contributed by atoms with E-state index in [-0.39, 0.29) is 25.2 Å². The van der Waals surface area contributed by atoms with Crippen LogP contribution in [0.4, 0.5) is 4.79 Å². The molecule has 5 rings (SSSR count). The second kappa shape index (κ2) is 15.3. The van der Waals surface area contributed by atoms with Crippen LogP contribution in [0.1, 0.15) is 49.8 Å². The summed E-state index contributed by atoms with van der Waals surface area (Å²) in [5.41, 5.74) is 2.36. The van der Waals surface area contributed by atoms with E-state index in [0.717, 1.165) is 39.0 Å². The summed E-state index contributed by atoms with van der Waals surface area (Å²) in [6.07, 6.45) is -0.318. The van der Waals surface area contributed by atoms with E-state index >= 15 is 0 Å². The molecule has 4 aromatic carbocycles. The van der Waals surface area contributed by atoms with Gasteiger partial charge in [0.2, 0.25) is 0 Å². The van der Waals surface area contributed by atoms with Crippen LogP contribution >= 0.6 is 0 Å². The first-order valence-electron chi connectivity index (χ1n) is 15.6. The van der Waals surface area contributed by atoms with Crippen LogP contribution in [0.3, 0.4) is 0 Å². The minimum atomic E-state index is -0.735. The van der Waals surface area contributed by atoms with Gasteiger partial charge in [-0.3, -0.25) is 0 Å². The number of methoxy groups -OCH3 is 1. The first-order chi connectivity index (χ1) is 22.2. The van der Waals surface area contributed by atoms with Gasteiger partial charge in [-0.25, -0.2) is 4.79 Å². The van der Waals surface area contributed by atoms with Gasteiger partial charge in [0.25, 0.3) is 0 Å². The number of nitrogens with zero attached hydrogens (tertiary/aromatic N) is 1. The number of carbonyl (C=O) groups excluding carboxylic acids is 1. The van der Waals surface area contributed by atoms with E-state index < -0.39 is 11.8 Å². The summed E-state index contributed by atoms with van der Waals surface area (Å²) >= 11 is 0. The molecule has 1 heterocycles. The number of aliphatic hydroxyl groups is 1. The average Bonchev–Trinajstić information content (AvgIpc) is 3.05. The summed E-state index contributed by atoms with van der Waals surface area (Å²) in [5.74, 6) is 2.28. The van der Waals surface area contributed by atoms with Crippen molar-refractivity contribution in [2.45, 2.75) is 58.0 Å². The average molecular weight is 630 g/mol. The maximum Gasteiger partial charge on any atom is 0.528 e. The minimum absolute atomic E-state index is 0.0459. The van der Waals surface area contributed by atoms with Crippen LogP contribution in [0.25, 0.3) is 10.8 Å². The molecule has 1 aliphatic heterocycles. The van der Waals surface area contributed by atoms with Gasteiger partial charge in [0.05, 0.1) is 33.0 Å². The van der Waals surface area contributed by atoms with Crippen molar-refractivity contribution in [1.82, 2.24) is 5.06 Å². The van der Waals surface area contributed by atoms with Crippen molar-refractivity contribution in [3.8, 4) is 17.2 Å². The number of fused-ring (bicyclic) bond motifs is 1. The molecule has 9 heteroatoms. The lowest BCUT2D eigenvalue weighted by molar-refractivity contribution is -0.179. The summed E-state index contributed by atoms with van der Waals surface area (Å²) in [6.45, 7) is 7.19. The summed E-state index contributed by atoms with van der Waals surface area (Å²) in [4.78, 5) is 18.1. The Bertz CT molecular complexity index is 1580. The molecule has 1 fully saturated rings. The predicted molar refractivity (Wildman–Crippen MR) is 175 cm³/mol. The van der Waals surface area contributed by atoms with Gasteiger partial charge in [-0.2, -0.15) is 0 Å². The monoisotopic (exact) mass is 629 g/mol. The second-order valence-corrected chi connectivity index (χ2v) is 12.2. The number of piperidine rings is 1. The molecule has 0 aromatic heterocycles. The minimum Gasteiger partial charge on any atom is -0.496 e. The number of hydrogen-bond acceptors (Lipinski definition) is 9. The van der Waals surface area contributed by atoms with Gasteiger partial charge in [0.15, 0.2) is 0 Å². The fourth-order valence-electron chi connectivity index (χ4n) is 5.59. The van der Waals surface area contributed by atoms with Crippen LogP contribution in [0, 0.1) is 0 Å². The van der Waals surface area contributed by atoms with Crippen molar-refractivity contribution in [1.29, 1.82) is 0 Å². The Morgan fingerprint density at radius 1 is 0.913 bits per heavy atom. The second-order valence-electron chi connectivity index (χ2n) is 12.2. The highest BCUT2D eigenvalue weighted by molar-refractivity contribution is 5.89. The molecule has 1 N–H and O–H groups in total. The van der Waals surface area contributed by atoms with Crippen molar-refractivity contribution in [3.63, 3.8) is 0 Å². The van der Waals surface area contributed by atoms with Gasteiger partial charge in [-0.05, 0) is 74.0 Å². The van der Waals surface area contributed by atoms with Crippen molar-refractivity contribution in [2.75, 3.05) is 33.4 Å². The highest BCUT2D eigenvalue weighted by atomic mass is 16.8. The van der Waals surface area contributed by atoms with Gasteiger partial charge >= 0.3 is 6.16 Å². The first kappa shape index (κ1) is 33.1. The van der Waals surface area contributed by atoms with E-state index in [0.29, 0.717) is 38.5 Å². The van der Waals surface area contributed by atoms with Gasteiger partial charge in [-0.1, -0.05) is 54.6 Å². The zero-order chi connectivity index (χ0) is 32.5. The Labute approximate surface area is 270 Å². The Balaban J connectivity index is 1.35. The summed E-state index contributed by atoms with van der Waals surface area (Å²) < 4.78 is 29.5. The Hall–Kier alpha value is -4.31. The molecule has 2 unspecified atom stereocenters. The molecule has 4 aromatic rings. The smallest absolute Gasteiger partial charge is 0.496 e. The fraction of sp³-hybridized carbons (Fsp3) is 0.378. The third kappa shape index (κ3) is 8.90. The number of aliphatic hydroxyl groups excluding tert-OH is 1. The quantitative estimate of drug-likeness (QED) is 0.166. The lowest BCUT2D eigenvalue weighted by Crippen LogP contribution is -2.45. The summed E-state index contributed by atoms with van der Waals surface area (Å²) in [7, 11) is 1.66. The van der Waals surface area contributed by atoms with Crippen LogP contribution in [-0.2, 0) is 27.5 Å². The molecule has 2 atom stereocenters. The number of benzene rings is 4. The van der Waals surface area contributed by atoms with Crippen LogP contribution in [-0.4, -0.2) is 61.4 Å². The van der Waals surface area contributed by atoms with Crippen molar-refractivity contribution < 1.29 is 38.4 Å². The first-order valence-corrected chi connectivity index (χ1v) is 15.6. The third-order valence-corrected chi connectivity index (χ3v) is 7.71. The molecule has 0 saturated carbocycles. The molecule has 9 nitrogen and oxygen atoms in total. The van der Waals surface area contributed by atoms with Crippen molar-refractivity contribution >= 4 is 16.9 Å². The highest BCUT2D eigenvalue weighted by Gasteiger charge is 2.34. The Morgan fingerprint density at radius 2 is 1.67 bits per heavy atom. The molecule has 0 amide bonds. The van der Waals surface area contributed by atoms with Gasteiger partial charge in [0.1, 0.15) is 36.1 Å². The van der Waals surface area contributed by atoms with E-state index in [4.69, 9.17) is 33.6 Å². The molecule has 1 aliphatic rings. The number of hydrogen-bond donors (Lipinski definition) is 1.